The van der Waals surface area contributed by atoms with Crippen molar-refractivity contribution < 1.29 is 4.79 Å². The van der Waals surface area contributed by atoms with Gasteiger partial charge in [-0.1, -0.05) is 19.1 Å². The summed E-state index contributed by atoms with van der Waals surface area (Å²) in [6, 6.07) is 5.80. The van der Waals surface area contributed by atoms with E-state index >= 15 is 0 Å². The number of nitrogens with one attached hydrogen (secondary N) is 2. The predicted octanol–water partition coefficient (Wildman–Crippen LogP) is 2.75. The molecule has 1 amide bonds. The minimum atomic E-state index is 0.0412. The molecule has 0 saturated carbocycles. The van der Waals surface area contributed by atoms with Crippen molar-refractivity contribution in [2.75, 3.05) is 18.4 Å². The minimum Gasteiger partial charge on any atom is -0.370 e. The van der Waals surface area contributed by atoms with E-state index < -0.39 is 0 Å². The van der Waals surface area contributed by atoms with Crippen LogP contribution < -0.4 is 10.6 Å². The lowest BCUT2D eigenvalue weighted by atomic mass is 10.2. The van der Waals surface area contributed by atoms with Crippen LogP contribution in [0.1, 0.15) is 33.1 Å². The molecule has 0 spiro atoms. The Kier molecular flexibility index (Phi) is 7.32. The van der Waals surface area contributed by atoms with E-state index in [0.717, 1.165) is 43.7 Å². The van der Waals surface area contributed by atoms with E-state index in [9.17, 15) is 4.79 Å². The number of hydrogen-bond donors (Lipinski definition) is 2. The van der Waals surface area contributed by atoms with Gasteiger partial charge in [0.15, 0.2) is 0 Å². The SMILES string of the molecule is CCC=C(C)C(=O)NCCCCNc1ccccn1. The van der Waals surface area contributed by atoms with Crippen molar-refractivity contribution in [2.45, 2.75) is 33.1 Å². The second-order valence-electron chi connectivity index (χ2n) is 4.40. The third kappa shape index (κ3) is 6.60. The highest BCUT2D eigenvalue weighted by atomic mass is 16.1. The molecule has 4 heteroatoms. The average molecular weight is 261 g/mol. The highest BCUT2D eigenvalue weighted by molar-refractivity contribution is 5.92. The van der Waals surface area contributed by atoms with Crippen LogP contribution in [0.25, 0.3) is 0 Å². The molecular formula is C15H23N3O. The topological polar surface area (TPSA) is 54.0 Å². The van der Waals surface area contributed by atoms with Gasteiger partial charge in [0.1, 0.15) is 5.82 Å². The standard InChI is InChI=1S/C15H23N3O/c1-3-8-13(2)15(19)18-12-7-6-11-17-14-9-4-5-10-16-14/h4-5,8-10H,3,6-7,11-12H2,1-2H3,(H,16,17)(H,18,19). The zero-order valence-corrected chi connectivity index (χ0v) is 11.8. The van der Waals surface area contributed by atoms with Gasteiger partial charge in [-0.2, -0.15) is 0 Å². The zero-order chi connectivity index (χ0) is 13.9. The number of carbonyl (C=O) groups is 1. The van der Waals surface area contributed by atoms with Gasteiger partial charge in [-0.05, 0) is 38.3 Å². The molecule has 0 atom stereocenters. The summed E-state index contributed by atoms with van der Waals surface area (Å²) in [5.41, 5.74) is 0.800. The van der Waals surface area contributed by atoms with Crippen molar-refractivity contribution in [3.63, 3.8) is 0 Å². The molecule has 1 aromatic heterocycles. The van der Waals surface area contributed by atoms with E-state index in [1.165, 1.54) is 0 Å². The second kappa shape index (κ2) is 9.14. The molecule has 0 radical (unpaired) electrons. The van der Waals surface area contributed by atoms with E-state index in [1.54, 1.807) is 6.20 Å². The fourth-order valence-corrected chi connectivity index (χ4v) is 1.67. The number of allylic oxidation sites excluding steroid dienone is 1. The Morgan fingerprint density at radius 2 is 2.11 bits per heavy atom. The van der Waals surface area contributed by atoms with Crippen LogP contribution >= 0.6 is 0 Å². The van der Waals surface area contributed by atoms with Gasteiger partial charge in [-0.15, -0.1) is 0 Å². The maximum Gasteiger partial charge on any atom is 0.246 e. The summed E-state index contributed by atoms with van der Waals surface area (Å²) in [5.74, 6) is 0.938. The summed E-state index contributed by atoms with van der Waals surface area (Å²) in [6.45, 7) is 5.47. The molecule has 4 nitrogen and oxygen atoms in total. The summed E-state index contributed by atoms with van der Waals surface area (Å²) in [4.78, 5) is 15.8. The molecule has 0 aliphatic heterocycles. The lowest BCUT2D eigenvalue weighted by molar-refractivity contribution is -0.117. The monoisotopic (exact) mass is 261 g/mol. The first kappa shape index (κ1) is 15.2. The molecular weight excluding hydrogens is 238 g/mol. The van der Waals surface area contributed by atoms with Crippen molar-refractivity contribution in [3.05, 3.63) is 36.0 Å². The molecule has 0 fully saturated rings. The Hall–Kier alpha value is -1.84. The molecule has 0 unspecified atom stereocenters. The van der Waals surface area contributed by atoms with E-state index in [4.69, 9.17) is 0 Å². The number of unbranched alkanes of at least 4 members (excludes halogenated alkanes) is 1. The average Bonchev–Trinajstić information content (AvgIpc) is 2.43. The summed E-state index contributed by atoms with van der Waals surface area (Å²) >= 11 is 0. The van der Waals surface area contributed by atoms with Gasteiger partial charge in [0.25, 0.3) is 0 Å². The maximum atomic E-state index is 11.6. The Labute approximate surface area is 115 Å². The number of nitrogens with zero attached hydrogens (tertiary/aromatic N) is 1. The molecule has 0 aliphatic carbocycles. The van der Waals surface area contributed by atoms with Crippen LogP contribution in [0, 0.1) is 0 Å². The summed E-state index contributed by atoms with van der Waals surface area (Å²) in [7, 11) is 0. The quantitative estimate of drug-likeness (QED) is 0.559. The third-order valence-corrected chi connectivity index (χ3v) is 2.73. The Morgan fingerprint density at radius 1 is 1.32 bits per heavy atom. The molecule has 1 aromatic rings. The predicted molar refractivity (Wildman–Crippen MR) is 79.0 cm³/mol. The first-order valence-electron chi connectivity index (χ1n) is 6.84. The first-order valence-corrected chi connectivity index (χ1v) is 6.84. The van der Waals surface area contributed by atoms with Gasteiger partial charge in [-0.25, -0.2) is 4.98 Å². The molecule has 1 heterocycles. The summed E-state index contributed by atoms with van der Waals surface area (Å²) < 4.78 is 0. The van der Waals surface area contributed by atoms with Gasteiger partial charge in [-0.3, -0.25) is 4.79 Å². The third-order valence-electron chi connectivity index (χ3n) is 2.73. The Bertz CT molecular complexity index is 401. The summed E-state index contributed by atoms with van der Waals surface area (Å²) in [6.07, 6.45) is 6.58. The van der Waals surface area contributed by atoms with Gasteiger partial charge >= 0.3 is 0 Å². The molecule has 2 N–H and O–H groups in total. The van der Waals surface area contributed by atoms with Crippen LogP contribution in [0.4, 0.5) is 5.82 Å². The normalized spacial score (nSPS) is 11.2. The fourth-order valence-electron chi connectivity index (χ4n) is 1.67. The first-order chi connectivity index (χ1) is 9.24. The molecule has 19 heavy (non-hydrogen) atoms. The molecule has 0 aromatic carbocycles. The number of carbonyl (C=O) groups excluding carboxylic acids is 1. The van der Waals surface area contributed by atoms with E-state index in [1.807, 2.05) is 38.1 Å². The van der Waals surface area contributed by atoms with Crippen LogP contribution in [0.2, 0.25) is 0 Å². The highest BCUT2D eigenvalue weighted by Crippen LogP contribution is 2.00. The number of amides is 1. The van der Waals surface area contributed by atoms with Crippen molar-refractivity contribution in [1.29, 1.82) is 0 Å². The van der Waals surface area contributed by atoms with E-state index in [0.29, 0.717) is 0 Å². The van der Waals surface area contributed by atoms with E-state index in [-0.39, 0.29) is 5.91 Å². The number of anilines is 1. The van der Waals surface area contributed by atoms with Gasteiger partial charge in [0.05, 0.1) is 0 Å². The van der Waals surface area contributed by atoms with Gasteiger partial charge in [0, 0.05) is 24.9 Å². The number of hydrogen-bond acceptors (Lipinski definition) is 3. The Balaban J connectivity index is 2.06. The molecule has 0 bridgehead atoms. The highest BCUT2D eigenvalue weighted by Gasteiger charge is 2.01. The fraction of sp³-hybridized carbons (Fsp3) is 0.467. The van der Waals surface area contributed by atoms with Crippen LogP contribution in [-0.2, 0) is 4.79 Å². The smallest absolute Gasteiger partial charge is 0.246 e. The largest absolute Gasteiger partial charge is 0.370 e. The summed E-state index contributed by atoms with van der Waals surface area (Å²) in [5, 5.41) is 6.16. The van der Waals surface area contributed by atoms with Crippen LogP contribution in [0.3, 0.4) is 0 Å². The van der Waals surface area contributed by atoms with Crippen molar-refractivity contribution in [2.24, 2.45) is 0 Å². The zero-order valence-electron chi connectivity index (χ0n) is 11.8. The van der Waals surface area contributed by atoms with Crippen molar-refractivity contribution >= 4 is 11.7 Å². The number of aromatic nitrogens is 1. The van der Waals surface area contributed by atoms with E-state index in [2.05, 4.69) is 15.6 Å². The van der Waals surface area contributed by atoms with Gasteiger partial charge in [0.2, 0.25) is 5.91 Å². The molecule has 0 saturated heterocycles. The lowest BCUT2D eigenvalue weighted by Gasteiger charge is -2.07. The van der Waals surface area contributed by atoms with Crippen molar-refractivity contribution in [1.82, 2.24) is 10.3 Å². The second-order valence-corrected chi connectivity index (χ2v) is 4.40. The molecule has 104 valence electrons. The lowest BCUT2D eigenvalue weighted by Crippen LogP contribution is -2.25. The molecule has 0 aliphatic rings. The van der Waals surface area contributed by atoms with Crippen molar-refractivity contribution in [3.8, 4) is 0 Å². The minimum absolute atomic E-state index is 0.0412. The maximum absolute atomic E-state index is 11.6. The van der Waals surface area contributed by atoms with Gasteiger partial charge < -0.3 is 10.6 Å². The van der Waals surface area contributed by atoms with Crippen LogP contribution in [-0.4, -0.2) is 24.0 Å². The number of rotatable bonds is 8. The van der Waals surface area contributed by atoms with Crippen LogP contribution in [0.15, 0.2) is 36.0 Å². The Morgan fingerprint density at radius 3 is 2.79 bits per heavy atom. The molecule has 1 rings (SSSR count). The number of pyridine rings is 1. The van der Waals surface area contributed by atoms with Crippen LogP contribution in [0.5, 0.6) is 0 Å².